The largest absolute Gasteiger partial charge is 0.334 e. The Labute approximate surface area is 137 Å². The topological polar surface area (TPSA) is 32.3 Å². The minimum Gasteiger partial charge on any atom is -0.334 e. The molecule has 1 aliphatic heterocycles. The zero-order valence-corrected chi connectivity index (χ0v) is 14.1. The van der Waals surface area contributed by atoms with Gasteiger partial charge in [-0.15, -0.1) is 12.4 Å². The van der Waals surface area contributed by atoms with Crippen LogP contribution in [0.4, 0.5) is 8.78 Å². The molecule has 118 valence electrons. The van der Waals surface area contributed by atoms with Gasteiger partial charge in [0.15, 0.2) is 11.6 Å². The first-order valence-corrected chi connectivity index (χ1v) is 7.50. The van der Waals surface area contributed by atoms with Crippen molar-refractivity contribution in [2.75, 3.05) is 19.6 Å². The van der Waals surface area contributed by atoms with E-state index in [9.17, 15) is 13.6 Å². The first-order valence-electron chi connectivity index (χ1n) is 6.70. The Morgan fingerprint density at radius 3 is 2.67 bits per heavy atom. The Hall–Kier alpha value is -0.720. The average Bonchev–Trinajstić information content (AvgIpc) is 2.93. The molecule has 1 fully saturated rings. The summed E-state index contributed by atoms with van der Waals surface area (Å²) in [5.41, 5.74) is 0.171. The van der Waals surface area contributed by atoms with Crippen molar-refractivity contribution in [1.82, 2.24) is 10.2 Å². The number of hydrogen-bond acceptors (Lipinski definition) is 2. The van der Waals surface area contributed by atoms with Crippen LogP contribution in [0, 0.1) is 11.6 Å². The summed E-state index contributed by atoms with van der Waals surface area (Å²) in [6, 6.07) is 2.08. The predicted octanol–water partition coefficient (Wildman–Crippen LogP) is 3.36. The molecular formula is C14H18BrClF2N2O. The van der Waals surface area contributed by atoms with Gasteiger partial charge < -0.3 is 10.2 Å². The van der Waals surface area contributed by atoms with E-state index in [0.29, 0.717) is 6.54 Å². The van der Waals surface area contributed by atoms with Crippen molar-refractivity contribution in [1.29, 1.82) is 0 Å². The second-order valence-corrected chi connectivity index (χ2v) is 5.75. The van der Waals surface area contributed by atoms with Gasteiger partial charge in [-0.1, -0.05) is 6.92 Å². The second-order valence-electron chi connectivity index (χ2n) is 4.89. The highest BCUT2D eigenvalue weighted by Gasteiger charge is 2.28. The normalized spacial score (nSPS) is 17.4. The van der Waals surface area contributed by atoms with Crippen molar-refractivity contribution in [3.63, 3.8) is 0 Å². The van der Waals surface area contributed by atoms with Gasteiger partial charge in [0.25, 0.3) is 5.91 Å². The van der Waals surface area contributed by atoms with Gasteiger partial charge in [-0.05, 0) is 47.4 Å². The highest BCUT2D eigenvalue weighted by Crippen LogP contribution is 2.24. The molecule has 1 heterocycles. The van der Waals surface area contributed by atoms with E-state index in [1.165, 1.54) is 0 Å². The Morgan fingerprint density at radius 1 is 1.43 bits per heavy atom. The van der Waals surface area contributed by atoms with E-state index >= 15 is 0 Å². The quantitative estimate of drug-likeness (QED) is 0.809. The van der Waals surface area contributed by atoms with Crippen molar-refractivity contribution in [2.45, 2.75) is 25.8 Å². The molecule has 1 aromatic carbocycles. The minimum atomic E-state index is -1.00. The molecule has 1 atom stereocenters. The summed E-state index contributed by atoms with van der Waals surface area (Å²) in [6.07, 6.45) is 1.70. The summed E-state index contributed by atoms with van der Waals surface area (Å²) in [6.45, 7) is 4.21. The predicted molar refractivity (Wildman–Crippen MR) is 83.9 cm³/mol. The highest BCUT2D eigenvalue weighted by molar-refractivity contribution is 9.10. The van der Waals surface area contributed by atoms with Crippen LogP contribution < -0.4 is 5.32 Å². The van der Waals surface area contributed by atoms with E-state index in [4.69, 9.17) is 0 Å². The Kier molecular flexibility index (Phi) is 7.03. The summed E-state index contributed by atoms with van der Waals surface area (Å²) < 4.78 is 26.8. The maximum atomic E-state index is 13.4. The third kappa shape index (κ3) is 4.14. The number of amides is 1. The minimum absolute atomic E-state index is 0. The van der Waals surface area contributed by atoms with Crippen LogP contribution in [0.15, 0.2) is 16.6 Å². The number of hydrogen-bond donors (Lipinski definition) is 1. The van der Waals surface area contributed by atoms with E-state index in [1.54, 1.807) is 4.90 Å². The molecule has 1 N–H and O–H groups in total. The van der Waals surface area contributed by atoms with Crippen LogP contribution in [0.1, 0.15) is 30.1 Å². The molecule has 1 saturated heterocycles. The molecule has 7 heteroatoms. The van der Waals surface area contributed by atoms with Crippen molar-refractivity contribution in [3.05, 3.63) is 33.8 Å². The van der Waals surface area contributed by atoms with Crippen molar-refractivity contribution >= 4 is 34.2 Å². The lowest BCUT2D eigenvalue weighted by Crippen LogP contribution is -2.42. The van der Waals surface area contributed by atoms with Gasteiger partial charge in [0.05, 0.1) is 5.56 Å². The average molecular weight is 384 g/mol. The van der Waals surface area contributed by atoms with Crippen LogP contribution in [0.25, 0.3) is 0 Å². The number of benzene rings is 1. The fourth-order valence-corrected chi connectivity index (χ4v) is 2.92. The van der Waals surface area contributed by atoms with Crippen LogP contribution in [-0.4, -0.2) is 36.5 Å². The van der Waals surface area contributed by atoms with Gasteiger partial charge in [0, 0.05) is 23.6 Å². The van der Waals surface area contributed by atoms with Gasteiger partial charge >= 0.3 is 0 Å². The molecule has 0 aromatic heterocycles. The number of rotatable bonds is 4. The first kappa shape index (κ1) is 18.3. The van der Waals surface area contributed by atoms with Gasteiger partial charge in [0.1, 0.15) is 0 Å². The van der Waals surface area contributed by atoms with Crippen LogP contribution in [0.3, 0.4) is 0 Å². The molecule has 0 saturated carbocycles. The van der Waals surface area contributed by atoms with E-state index in [2.05, 4.69) is 21.2 Å². The SMILES string of the molecule is CCCN(C(=O)c1cc(F)c(F)cc1Br)C1CCNC1.Cl. The van der Waals surface area contributed by atoms with E-state index in [-0.39, 0.29) is 34.4 Å². The number of nitrogens with zero attached hydrogens (tertiary/aromatic N) is 1. The molecular weight excluding hydrogens is 366 g/mol. The summed E-state index contributed by atoms with van der Waals surface area (Å²) in [5.74, 6) is -2.22. The fourth-order valence-electron chi connectivity index (χ4n) is 2.44. The number of carbonyl (C=O) groups is 1. The third-order valence-electron chi connectivity index (χ3n) is 3.44. The van der Waals surface area contributed by atoms with Gasteiger partial charge in [-0.2, -0.15) is 0 Å². The molecule has 1 amide bonds. The third-order valence-corrected chi connectivity index (χ3v) is 4.10. The monoisotopic (exact) mass is 382 g/mol. The van der Waals surface area contributed by atoms with Crippen LogP contribution in [0.5, 0.6) is 0 Å². The van der Waals surface area contributed by atoms with Gasteiger partial charge in [0.2, 0.25) is 0 Å². The standard InChI is InChI=1S/C14H17BrF2N2O.ClH/c1-2-5-19(9-3-4-18-8-9)14(20)10-6-12(16)13(17)7-11(10)15;/h6-7,9,18H,2-5,8H2,1H3;1H. The maximum absolute atomic E-state index is 13.4. The highest BCUT2D eigenvalue weighted by atomic mass is 79.9. The number of halogens is 4. The Morgan fingerprint density at radius 2 is 2.10 bits per heavy atom. The first-order chi connectivity index (χ1) is 9.54. The number of carbonyl (C=O) groups excluding carboxylic acids is 1. The molecule has 0 aliphatic carbocycles. The molecule has 1 aliphatic rings. The molecule has 21 heavy (non-hydrogen) atoms. The molecule has 0 spiro atoms. The lowest BCUT2D eigenvalue weighted by atomic mass is 10.1. The zero-order valence-electron chi connectivity index (χ0n) is 11.7. The smallest absolute Gasteiger partial charge is 0.255 e. The summed E-state index contributed by atoms with van der Waals surface area (Å²) in [7, 11) is 0. The summed E-state index contributed by atoms with van der Waals surface area (Å²) in [4.78, 5) is 14.3. The maximum Gasteiger partial charge on any atom is 0.255 e. The fraction of sp³-hybridized carbons (Fsp3) is 0.500. The van der Waals surface area contributed by atoms with Crippen LogP contribution in [0.2, 0.25) is 0 Å². The van der Waals surface area contributed by atoms with Crippen molar-refractivity contribution < 1.29 is 13.6 Å². The van der Waals surface area contributed by atoms with Gasteiger partial charge in [-0.25, -0.2) is 8.78 Å². The van der Waals surface area contributed by atoms with Gasteiger partial charge in [-0.3, -0.25) is 4.79 Å². The van der Waals surface area contributed by atoms with Crippen LogP contribution in [-0.2, 0) is 0 Å². The lowest BCUT2D eigenvalue weighted by Gasteiger charge is -2.28. The van der Waals surface area contributed by atoms with E-state index in [0.717, 1.165) is 38.1 Å². The Bertz CT molecular complexity index is 510. The molecule has 1 unspecified atom stereocenters. The van der Waals surface area contributed by atoms with Crippen LogP contribution >= 0.6 is 28.3 Å². The second kappa shape index (κ2) is 8.06. The molecule has 0 bridgehead atoms. The zero-order chi connectivity index (χ0) is 14.7. The summed E-state index contributed by atoms with van der Waals surface area (Å²) >= 11 is 3.14. The van der Waals surface area contributed by atoms with Crippen molar-refractivity contribution in [3.8, 4) is 0 Å². The lowest BCUT2D eigenvalue weighted by molar-refractivity contribution is 0.0690. The summed E-state index contributed by atoms with van der Waals surface area (Å²) in [5, 5.41) is 3.21. The van der Waals surface area contributed by atoms with Crippen molar-refractivity contribution in [2.24, 2.45) is 0 Å². The molecule has 0 radical (unpaired) electrons. The molecule has 3 nitrogen and oxygen atoms in total. The molecule has 2 rings (SSSR count). The Balaban J connectivity index is 0.00000220. The van der Waals surface area contributed by atoms with E-state index < -0.39 is 11.6 Å². The number of nitrogens with one attached hydrogen (secondary N) is 1. The van der Waals surface area contributed by atoms with E-state index in [1.807, 2.05) is 6.92 Å². The molecule has 1 aromatic rings.